The van der Waals surface area contributed by atoms with E-state index in [1.807, 2.05) is 25.1 Å². The zero-order valence-corrected chi connectivity index (χ0v) is 17.0. The molecule has 0 radical (unpaired) electrons. The molecule has 2 rings (SSSR count). The highest BCUT2D eigenvalue weighted by Gasteiger charge is 2.22. The summed E-state index contributed by atoms with van der Waals surface area (Å²) in [4.78, 5) is 12.3. The lowest BCUT2D eigenvalue weighted by atomic mass is 10.1. The molecule has 0 spiro atoms. The van der Waals surface area contributed by atoms with Crippen LogP contribution in [0.15, 0.2) is 53.6 Å². The number of nitrogens with zero attached hydrogens (tertiary/aromatic N) is 3. The number of nitriles is 1. The van der Waals surface area contributed by atoms with Gasteiger partial charge in [0.25, 0.3) is 5.91 Å². The largest absolute Gasteiger partial charge is 0.479 e. The lowest BCUT2D eigenvalue weighted by Gasteiger charge is -2.23. The van der Waals surface area contributed by atoms with E-state index in [4.69, 9.17) is 10.00 Å². The number of benzene rings is 2. The first-order chi connectivity index (χ1) is 13.8. The minimum Gasteiger partial charge on any atom is -0.479 e. The number of ether oxygens (including phenoxy) is 1. The Hall–Kier alpha value is -3.38. The molecule has 0 saturated carbocycles. The highest BCUT2D eigenvalue weighted by molar-refractivity contribution is 7.92. The van der Waals surface area contributed by atoms with Gasteiger partial charge < -0.3 is 4.74 Å². The van der Waals surface area contributed by atoms with E-state index < -0.39 is 15.9 Å². The number of hydrogen-bond acceptors (Lipinski definition) is 6. The SMILES string of the molecule is CCc1ccccc1N(CC(=O)NN=Cc1ccc(OCC#N)cc1)S(C)(=O)=O. The van der Waals surface area contributed by atoms with E-state index in [2.05, 4.69) is 10.5 Å². The molecule has 8 nitrogen and oxygen atoms in total. The fourth-order valence-electron chi connectivity index (χ4n) is 2.54. The van der Waals surface area contributed by atoms with Crippen molar-refractivity contribution in [3.63, 3.8) is 0 Å². The van der Waals surface area contributed by atoms with Gasteiger partial charge in [-0.15, -0.1) is 0 Å². The van der Waals surface area contributed by atoms with Crippen LogP contribution < -0.4 is 14.5 Å². The monoisotopic (exact) mass is 414 g/mol. The van der Waals surface area contributed by atoms with Gasteiger partial charge in [-0.05, 0) is 47.9 Å². The zero-order valence-electron chi connectivity index (χ0n) is 16.2. The summed E-state index contributed by atoms with van der Waals surface area (Å²) in [5.41, 5.74) is 4.34. The van der Waals surface area contributed by atoms with E-state index in [0.29, 0.717) is 23.4 Å². The molecule has 0 aromatic heterocycles. The van der Waals surface area contributed by atoms with Crippen molar-refractivity contribution < 1.29 is 17.9 Å². The van der Waals surface area contributed by atoms with Gasteiger partial charge in [0.1, 0.15) is 18.4 Å². The van der Waals surface area contributed by atoms with Gasteiger partial charge in [0.15, 0.2) is 6.61 Å². The summed E-state index contributed by atoms with van der Waals surface area (Å²) < 4.78 is 30.6. The van der Waals surface area contributed by atoms with Crippen molar-refractivity contribution in [3.05, 3.63) is 59.7 Å². The number of aryl methyl sites for hydroxylation is 1. The van der Waals surface area contributed by atoms with Crippen molar-refractivity contribution in [2.75, 3.05) is 23.7 Å². The van der Waals surface area contributed by atoms with E-state index in [0.717, 1.165) is 16.1 Å². The summed E-state index contributed by atoms with van der Waals surface area (Å²) in [6, 6.07) is 15.7. The molecule has 2 aromatic carbocycles. The molecule has 0 heterocycles. The second-order valence-corrected chi connectivity index (χ2v) is 7.97. The Labute approximate surface area is 170 Å². The first-order valence-electron chi connectivity index (χ1n) is 8.82. The van der Waals surface area contributed by atoms with Gasteiger partial charge in [-0.1, -0.05) is 25.1 Å². The Morgan fingerprint density at radius 3 is 2.55 bits per heavy atom. The number of hydrogen-bond donors (Lipinski definition) is 1. The number of para-hydroxylation sites is 1. The van der Waals surface area contributed by atoms with E-state index >= 15 is 0 Å². The van der Waals surface area contributed by atoms with Crippen LogP contribution in [0.25, 0.3) is 0 Å². The normalized spacial score (nSPS) is 11.1. The van der Waals surface area contributed by atoms with Gasteiger partial charge in [0.05, 0.1) is 18.2 Å². The van der Waals surface area contributed by atoms with Crippen LogP contribution >= 0.6 is 0 Å². The lowest BCUT2D eigenvalue weighted by molar-refractivity contribution is -0.119. The molecule has 0 aliphatic rings. The first-order valence-corrected chi connectivity index (χ1v) is 10.7. The van der Waals surface area contributed by atoms with Crippen LogP contribution in [0.3, 0.4) is 0 Å². The molecule has 0 atom stereocenters. The number of carbonyl (C=O) groups excluding carboxylic acids is 1. The third kappa shape index (κ3) is 6.62. The fraction of sp³-hybridized carbons (Fsp3) is 0.250. The summed E-state index contributed by atoms with van der Waals surface area (Å²) in [5.74, 6) is -0.0160. The number of hydrazone groups is 1. The summed E-state index contributed by atoms with van der Waals surface area (Å²) in [6.07, 6.45) is 3.12. The molecule has 0 fully saturated rings. The predicted octanol–water partition coefficient (Wildman–Crippen LogP) is 2.07. The zero-order chi connectivity index (χ0) is 21.3. The van der Waals surface area contributed by atoms with Gasteiger partial charge in [-0.2, -0.15) is 10.4 Å². The van der Waals surface area contributed by atoms with Crippen molar-refractivity contribution in [2.45, 2.75) is 13.3 Å². The summed E-state index contributed by atoms with van der Waals surface area (Å²) in [6.45, 7) is 1.50. The summed E-state index contributed by atoms with van der Waals surface area (Å²) in [5, 5.41) is 12.4. The standard InChI is InChI=1S/C20H22N4O4S/c1-3-17-6-4-5-7-19(17)24(29(2,26)27)15-20(25)23-22-14-16-8-10-18(11-9-16)28-13-12-21/h4-11,14H,3,13,15H2,1-2H3,(H,23,25). The van der Waals surface area contributed by atoms with Crippen LogP contribution in [0, 0.1) is 11.3 Å². The van der Waals surface area contributed by atoms with Crippen LogP contribution in [0.1, 0.15) is 18.1 Å². The molecular formula is C20H22N4O4S. The third-order valence-corrected chi connectivity index (χ3v) is 5.04. The molecule has 0 unspecified atom stereocenters. The van der Waals surface area contributed by atoms with Crippen LogP contribution in [0.5, 0.6) is 5.75 Å². The molecule has 1 amide bonds. The molecular weight excluding hydrogens is 392 g/mol. The predicted molar refractivity (Wildman–Crippen MR) is 111 cm³/mol. The van der Waals surface area contributed by atoms with E-state index in [9.17, 15) is 13.2 Å². The van der Waals surface area contributed by atoms with Crippen LogP contribution in [0.4, 0.5) is 5.69 Å². The minimum absolute atomic E-state index is 0.0402. The Bertz CT molecular complexity index is 1010. The highest BCUT2D eigenvalue weighted by Crippen LogP contribution is 2.23. The van der Waals surface area contributed by atoms with Crippen LogP contribution in [-0.2, 0) is 21.2 Å². The Morgan fingerprint density at radius 2 is 1.93 bits per heavy atom. The maximum Gasteiger partial charge on any atom is 0.260 e. The molecule has 9 heteroatoms. The summed E-state index contributed by atoms with van der Waals surface area (Å²) in [7, 11) is -3.65. The molecule has 2 aromatic rings. The molecule has 1 N–H and O–H groups in total. The highest BCUT2D eigenvalue weighted by atomic mass is 32.2. The van der Waals surface area contributed by atoms with E-state index in [1.54, 1.807) is 36.4 Å². The minimum atomic E-state index is -3.65. The van der Waals surface area contributed by atoms with Gasteiger partial charge in [0, 0.05) is 0 Å². The second kappa shape index (κ2) is 10.2. The molecule has 0 aliphatic carbocycles. The smallest absolute Gasteiger partial charge is 0.260 e. The van der Waals surface area contributed by atoms with Gasteiger partial charge >= 0.3 is 0 Å². The second-order valence-electron chi connectivity index (χ2n) is 6.06. The van der Waals surface area contributed by atoms with Crippen molar-refractivity contribution in [3.8, 4) is 11.8 Å². The Balaban J connectivity index is 2.04. The van der Waals surface area contributed by atoms with Gasteiger partial charge in [-0.25, -0.2) is 13.8 Å². The maximum absolute atomic E-state index is 12.3. The lowest BCUT2D eigenvalue weighted by Crippen LogP contribution is -2.39. The van der Waals surface area contributed by atoms with Crippen molar-refractivity contribution in [2.24, 2.45) is 5.10 Å². The Kier molecular flexibility index (Phi) is 7.74. The quantitative estimate of drug-likeness (QED) is 0.499. The van der Waals surface area contributed by atoms with Gasteiger partial charge in [0.2, 0.25) is 10.0 Å². The number of anilines is 1. The molecule has 152 valence electrons. The number of sulfonamides is 1. The molecule has 0 aliphatic heterocycles. The maximum atomic E-state index is 12.3. The van der Waals surface area contributed by atoms with E-state index in [1.165, 1.54) is 6.21 Å². The number of nitrogens with one attached hydrogen (secondary N) is 1. The van der Waals surface area contributed by atoms with Gasteiger partial charge in [-0.3, -0.25) is 9.10 Å². The third-order valence-electron chi connectivity index (χ3n) is 3.92. The number of carbonyl (C=O) groups is 1. The first kappa shape index (κ1) is 21.9. The average molecular weight is 414 g/mol. The van der Waals surface area contributed by atoms with Crippen molar-refractivity contribution in [1.82, 2.24) is 5.43 Å². The fourth-order valence-corrected chi connectivity index (χ4v) is 3.43. The van der Waals surface area contributed by atoms with Crippen molar-refractivity contribution in [1.29, 1.82) is 5.26 Å². The van der Waals surface area contributed by atoms with Crippen LogP contribution in [0.2, 0.25) is 0 Å². The number of rotatable bonds is 9. The average Bonchev–Trinajstić information content (AvgIpc) is 2.70. The molecule has 0 saturated heterocycles. The van der Waals surface area contributed by atoms with E-state index in [-0.39, 0.29) is 13.2 Å². The molecule has 0 bridgehead atoms. The summed E-state index contributed by atoms with van der Waals surface area (Å²) >= 11 is 0. The Morgan fingerprint density at radius 1 is 1.24 bits per heavy atom. The number of amides is 1. The van der Waals surface area contributed by atoms with Crippen LogP contribution in [-0.4, -0.2) is 39.9 Å². The topological polar surface area (TPSA) is 112 Å². The molecule has 29 heavy (non-hydrogen) atoms. The van der Waals surface area contributed by atoms with Crippen molar-refractivity contribution >= 4 is 27.8 Å².